The molecule has 0 atom stereocenters. The van der Waals surface area contributed by atoms with E-state index in [1.165, 1.54) is 0 Å². The second-order valence-electron chi connectivity index (χ2n) is 3.79. The first-order valence-electron chi connectivity index (χ1n) is 5.46. The van der Waals surface area contributed by atoms with Gasteiger partial charge in [-0.2, -0.15) is 0 Å². The Hall–Kier alpha value is -1.71. The lowest BCUT2D eigenvalue weighted by Gasteiger charge is -2.02. The van der Waals surface area contributed by atoms with Gasteiger partial charge in [-0.15, -0.1) is 0 Å². The topological polar surface area (TPSA) is 41.8 Å². The molecule has 2 rings (SSSR count). The number of benzene rings is 2. The van der Waals surface area contributed by atoms with E-state index < -0.39 is 0 Å². The molecule has 0 aliphatic carbocycles. The zero-order valence-corrected chi connectivity index (χ0v) is 11.6. The van der Waals surface area contributed by atoms with Crippen molar-refractivity contribution in [2.75, 3.05) is 7.11 Å². The maximum absolute atomic E-state index is 9.45. The normalized spacial score (nSPS) is 10.9. The van der Waals surface area contributed by atoms with E-state index in [0.717, 1.165) is 11.4 Å². The van der Waals surface area contributed by atoms with Gasteiger partial charge >= 0.3 is 0 Å². The second-order valence-corrected chi connectivity index (χ2v) is 4.60. The van der Waals surface area contributed by atoms with Gasteiger partial charge in [0.15, 0.2) is 5.75 Å². The van der Waals surface area contributed by atoms with E-state index >= 15 is 0 Å². The third-order valence-electron chi connectivity index (χ3n) is 2.47. The molecule has 98 valence electrons. The van der Waals surface area contributed by atoms with Crippen LogP contribution in [0, 0.1) is 0 Å². The Bertz CT molecular complexity index is 586. The quantitative estimate of drug-likeness (QED) is 0.850. The highest BCUT2D eigenvalue weighted by atomic mass is 35.5. The lowest BCUT2D eigenvalue weighted by Crippen LogP contribution is -1.83. The summed E-state index contributed by atoms with van der Waals surface area (Å²) in [5.74, 6) is 0.652. The summed E-state index contributed by atoms with van der Waals surface area (Å²) in [4.78, 5) is 4.28. The number of phenols is 1. The molecule has 0 fully saturated rings. The number of hydrogen-bond donors (Lipinski definition) is 1. The highest BCUT2D eigenvalue weighted by molar-refractivity contribution is 6.37. The number of phenolic OH excluding ortho intramolecular Hbond substituents is 1. The van der Waals surface area contributed by atoms with Crippen molar-refractivity contribution in [3.8, 4) is 11.5 Å². The first-order valence-corrected chi connectivity index (χ1v) is 6.22. The fourth-order valence-electron chi connectivity index (χ4n) is 1.48. The molecule has 5 heteroatoms. The number of aromatic hydroxyl groups is 1. The van der Waals surface area contributed by atoms with Crippen LogP contribution in [0.4, 0.5) is 5.69 Å². The largest absolute Gasteiger partial charge is 0.505 e. The molecule has 0 aliphatic rings. The van der Waals surface area contributed by atoms with Crippen molar-refractivity contribution >= 4 is 35.1 Å². The molecule has 0 aromatic heterocycles. The molecule has 0 saturated carbocycles. The molecule has 0 bridgehead atoms. The van der Waals surface area contributed by atoms with Crippen LogP contribution in [0.3, 0.4) is 0 Å². The number of halogens is 2. The SMILES string of the molecule is COc1ccc(N=Cc2cc(Cl)c(O)c(Cl)c2)cc1. The van der Waals surface area contributed by atoms with Crippen molar-refractivity contribution in [3.63, 3.8) is 0 Å². The Labute approximate surface area is 121 Å². The smallest absolute Gasteiger partial charge is 0.152 e. The summed E-state index contributed by atoms with van der Waals surface area (Å²) in [5, 5.41) is 9.85. The van der Waals surface area contributed by atoms with Gasteiger partial charge in [0.05, 0.1) is 22.8 Å². The lowest BCUT2D eigenvalue weighted by molar-refractivity contribution is 0.415. The highest BCUT2D eigenvalue weighted by Crippen LogP contribution is 2.32. The van der Waals surface area contributed by atoms with E-state index in [1.807, 2.05) is 24.3 Å². The van der Waals surface area contributed by atoms with Crippen LogP contribution >= 0.6 is 23.2 Å². The number of rotatable bonds is 3. The number of methoxy groups -OCH3 is 1. The van der Waals surface area contributed by atoms with Crippen LogP contribution in [0.25, 0.3) is 0 Å². The standard InChI is InChI=1S/C14H11Cl2NO2/c1-19-11-4-2-10(3-5-11)17-8-9-6-12(15)14(18)13(16)7-9/h2-8,18H,1H3. The van der Waals surface area contributed by atoms with Crippen molar-refractivity contribution in [2.24, 2.45) is 4.99 Å². The number of hydrogen-bond acceptors (Lipinski definition) is 3. The molecular weight excluding hydrogens is 285 g/mol. The summed E-state index contributed by atoms with van der Waals surface area (Å²) in [6.45, 7) is 0. The summed E-state index contributed by atoms with van der Waals surface area (Å²) in [6, 6.07) is 10.5. The minimum Gasteiger partial charge on any atom is -0.505 e. The monoisotopic (exact) mass is 295 g/mol. The molecule has 0 amide bonds. The summed E-state index contributed by atoms with van der Waals surface area (Å²) < 4.78 is 5.06. The fourth-order valence-corrected chi connectivity index (χ4v) is 1.98. The van der Waals surface area contributed by atoms with Gasteiger partial charge < -0.3 is 9.84 Å². The number of ether oxygens (including phenoxy) is 1. The van der Waals surface area contributed by atoms with Gasteiger partial charge in [-0.25, -0.2) is 0 Å². The minimum atomic E-state index is -0.120. The first kappa shape index (κ1) is 13.7. The van der Waals surface area contributed by atoms with E-state index in [0.29, 0.717) is 5.56 Å². The van der Waals surface area contributed by atoms with Gasteiger partial charge in [0.1, 0.15) is 5.75 Å². The van der Waals surface area contributed by atoms with Crippen LogP contribution in [0.15, 0.2) is 41.4 Å². The molecule has 0 spiro atoms. The van der Waals surface area contributed by atoms with Crippen LogP contribution in [-0.4, -0.2) is 18.4 Å². The average Bonchev–Trinajstić information content (AvgIpc) is 2.43. The predicted octanol–water partition coefficient (Wildman–Crippen LogP) is 4.46. The summed E-state index contributed by atoms with van der Waals surface area (Å²) in [7, 11) is 1.61. The number of aliphatic imine (C=N–C) groups is 1. The van der Waals surface area contributed by atoms with E-state index in [1.54, 1.807) is 25.5 Å². The van der Waals surface area contributed by atoms with Gasteiger partial charge in [0, 0.05) is 6.21 Å². The molecule has 0 radical (unpaired) electrons. The van der Waals surface area contributed by atoms with Crippen LogP contribution in [0.2, 0.25) is 10.0 Å². The van der Waals surface area contributed by atoms with Crippen LogP contribution < -0.4 is 4.74 Å². The molecule has 2 aromatic rings. The van der Waals surface area contributed by atoms with Crippen LogP contribution in [0.5, 0.6) is 11.5 Å². The van der Waals surface area contributed by atoms with Gasteiger partial charge in [-0.05, 0) is 42.0 Å². The Morgan fingerprint density at radius 3 is 2.21 bits per heavy atom. The van der Waals surface area contributed by atoms with Crippen molar-refractivity contribution in [3.05, 3.63) is 52.0 Å². The zero-order chi connectivity index (χ0) is 13.8. The molecule has 2 aromatic carbocycles. The molecule has 1 N–H and O–H groups in total. The molecule has 19 heavy (non-hydrogen) atoms. The Balaban J connectivity index is 2.22. The molecule has 0 aliphatic heterocycles. The van der Waals surface area contributed by atoms with Crippen LogP contribution in [-0.2, 0) is 0 Å². The fraction of sp³-hybridized carbons (Fsp3) is 0.0714. The van der Waals surface area contributed by atoms with Crippen molar-refractivity contribution in [1.82, 2.24) is 0 Å². The van der Waals surface area contributed by atoms with Gasteiger partial charge in [-0.1, -0.05) is 23.2 Å². The van der Waals surface area contributed by atoms with E-state index in [2.05, 4.69) is 4.99 Å². The summed E-state index contributed by atoms with van der Waals surface area (Å²) >= 11 is 11.7. The Morgan fingerprint density at radius 2 is 1.68 bits per heavy atom. The first-order chi connectivity index (χ1) is 9.10. The predicted molar refractivity (Wildman–Crippen MR) is 78.4 cm³/mol. The van der Waals surface area contributed by atoms with Crippen LogP contribution in [0.1, 0.15) is 5.56 Å². The molecule has 0 heterocycles. The second kappa shape index (κ2) is 5.95. The third-order valence-corrected chi connectivity index (χ3v) is 3.05. The Morgan fingerprint density at radius 1 is 1.11 bits per heavy atom. The lowest BCUT2D eigenvalue weighted by atomic mass is 10.2. The zero-order valence-electron chi connectivity index (χ0n) is 10.1. The van der Waals surface area contributed by atoms with Crippen molar-refractivity contribution < 1.29 is 9.84 Å². The van der Waals surface area contributed by atoms with E-state index in [-0.39, 0.29) is 15.8 Å². The van der Waals surface area contributed by atoms with Gasteiger partial charge in [0.25, 0.3) is 0 Å². The molecular formula is C14H11Cl2NO2. The molecule has 3 nitrogen and oxygen atoms in total. The van der Waals surface area contributed by atoms with Gasteiger partial charge in [0.2, 0.25) is 0 Å². The van der Waals surface area contributed by atoms with Crippen molar-refractivity contribution in [2.45, 2.75) is 0 Å². The third kappa shape index (κ3) is 3.40. The van der Waals surface area contributed by atoms with E-state index in [4.69, 9.17) is 27.9 Å². The molecule has 0 saturated heterocycles. The average molecular weight is 296 g/mol. The molecule has 0 unspecified atom stereocenters. The summed E-state index contributed by atoms with van der Waals surface area (Å²) in [5.41, 5.74) is 1.49. The van der Waals surface area contributed by atoms with E-state index in [9.17, 15) is 5.11 Å². The van der Waals surface area contributed by atoms with Gasteiger partial charge in [-0.3, -0.25) is 4.99 Å². The highest BCUT2D eigenvalue weighted by Gasteiger charge is 2.05. The Kier molecular flexibility index (Phi) is 4.30. The summed E-state index contributed by atoms with van der Waals surface area (Å²) in [6.07, 6.45) is 1.62. The minimum absolute atomic E-state index is 0.120. The number of nitrogens with zero attached hydrogens (tertiary/aromatic N) is 1. The van der Waals surface area contributed by atoms with Crippen molar-refractivity contribution in [1.29, 1.82) is 0 Å². The maximum Gasteiger partial charge on any atom is 0.152 e. The maximum atomic E-state index is 9.45.